The predicted molar refractivity (Wildman–Crippen MR) is 204 cm³/mol. The molecule has 5 nitrogen and oxygen atoms in total. The van der Waals surface area contributed by atoms with Gasteiger partial charge in [0.1, 0.15) is 0 Å². The lowest BCUT2D eigenvalue weighted by atomic mass is 9.89. The van der Waals surface area contributed by atoms with E-state index in [1.165, 1.54) is 74.9 Å². The molecule has 0 N–H and O–H groups in total. The predicted octanol–water partition coefficient (Wildman–Crippen LogP) is 9.44. The second kappa shape index (κ2) is 10.9. The van der Waals surface area contributed by atoms with E-state index in [1.807, 2.05) is 23.5 Å². The molecule has 1 aromatic heterocycles. The zero-order chi connectivity index (χ0) is 33.8. The molecule has 0 saturated heterocycles. The maximum absolute atomic E-state index is 9.65. The number of hydrogen-bond acceptors (Lipinski definition) is 7. The SMILES string of the molecule is N#CC1=Cc2nc3c(nc2CC1C#N)-c1ccc(-c2ccc(-c4ccc5c(c4)Sc4cccc6c4N5C4=CCCC=C4S6)cc2)c2c1=C3CCC=2. The standard InChI is InChI=1S/C44H27N5S2/c45-22-27-19-33-34(20-28(27)23-46)48-43-32-17-16-29(30-5-3-6-31(41(30)32)42(43)47-33)25-13-11-24(12-14-25)26-15-18-36-40(21-26)51-39-10-4-9-38-44(39)49(36)35-7-1-2-8-37(35)50-38/h4-5,7-19,21,28H,1-3,6,20H2. The minimum Gasteiger partial charge on any atom is -0.306 e. The monoisotopic (exact) mass is 689 g/mol. The number of fused-ring (bicyclic) bond motifs is 8. The lowest BCUT2D eigenvalue weighted by Gasteiger charge is -2.40. The zero-order valence-electron chi connectivity index (χ0n) is 27.4. The zero-order valence-corrected chi connectivity index (χ0v) is 29.0. The van der Waals surface area contributed by atoms with E-state index in [9.17, 15) is 10.5 Å². The van der Waals surface area contributed by atoms with Gasteiger partial charge in [-0.3, -0.25) is 0 Å². The fraction of sp³-hybridized carbons (Fsp3) is 0.136. The number of para-hydroxylation sites is 1. The molecular formula is C44H27N5S2. The maximum Gasteiger partial charge on any atom is 0.0972 e. The largest absolute Gasteiger partial charge is 0.306 e. The van der Waals surface area contributed by atoms with Gasteiger partial charge in [-0.2, -0.15) is 10.5 Å². The molecule has 4 aliphatic carbocycles. The molecule has 5 aromatic rings. The van der Waals surface area contributed by atoms with Crippen molar-refractivity contribution in [1.29, 1.82) is 10.5 Å². The molecule has 0 saturated carbocycles. The van der Waals surface area contributed by atoms with Crippen molar-refractivity contribution in [3.63, 3.8) is 0 Å². The summed E-state index contributed by atoms with van der Waals surface area (Å²) >= 11 is 3.78. The highest BCUT2D eigenvalue weighted by molar-refractivity contribution is 8.03. The first-order valence-corrected chi connectivity index (χ1v) is 19.0. The number of benzene rings is 4. The third-order valence-electron chi connectivity index (χ3n) is 10.9. The van der Waals surface area contributed by atoms with Crippen molar-refractivity contribution < 1.29 is 0 Å². The Labute approximate surface area is 303 Å². The van der Waals surface area contributed by atoms with Crippen LogP contribution in [0.2, 0.25) is 0 Å². The molecule has 1 atom stereocenters. The molecule has 3 heterocycles. The fourth-order valence-electron chi connectivity index (χ4n) is 8.48. The van der Waals surface area contributed by atoms with E-state index in [1.54, 1.807) is 6.08 Å². The quantitative estimate of drug-likeness (QED) is 0.183. The maximum atomic E-state index is 9.65. The Bertz CT molecular complexity index is 2760. The van der Waals surface area contributed by atoms with Crippen LogP contribution in [-0.2, 0) is 6.42 Å². The number of anilines is 2. The molecule has 240 valence electrons. The number of nitriles is 2. The van der Waals surface area contributed by atoms with Crippen molar-refractivity contribution in [2.45, 2.75) is 46.8 Å². The van der Waals surface area contributed by atoms with Crippen molar-refractivity contribution >= 4 is 52.6 Å². The molecule has 0 amide bonds. The van der Waals surface area contributed by atoms with Gasteiger partial charge in [0.2, 0.25) is 0 Å². The van der Waals surface area contributed by atoms with Crippen molar-refractivity contribution in [2.75, 3.05) is 4.90 Å². The highest BCUT2D eigenvalue weighted by Crippen LogP contribution is 2.59. The van der Waals surface area contributed by atoms with Gasteiger partial charge >= 0.3 is 0 Å². The summed E-state index contributed by atoms with van der Waals surface area (Å²) in [6.07, 6.45) is 13.4. The normalized spacial score (nSPS) is 18.2. The summed E-state index contributed by atoms with van der Waals surface area (Å²) in [7, 11) is 0. The summed E-state index contributed by atoms with van der Waals surface area (Å²) in [6.45, 7) is 0. The van der Waals surface area contributed by atoms with E-state index < -0.39 is 5.92 Å². The number of nitrogens with zero attached hydrogens (tertiary/aromatic N) is 5. The van der Waals surface area contributed by atoms with E-state index in [4.69, 9.17) is 9.97 Å². The Hall–Kier alpha value is -5.60. The Morgan fingerprint density at radius 2 is 1.55 bits per heavy atom. The molecule has 1 unspecified atom stereocenters. The van der Waals surface area contributed by atoms with Gasteiger partial charge in [0.25, 0.3) is 0 Å². The minimum atomic E-state index is -0.474. The third-order valence-corrected chi connectivity index (χ3v) is 13.1. The van der Waals surface area contributed by atoms with Crippen LogP contribution in [0.1, 0.15) is 42.8 Å². The third kappa shape index (κ3) is 4.23. The van der Waals surface area contributed by atoms with E-state index in [0.29, 0.717) is 12.0 Å². The molecule has 11 rings (SSSR count). The molecule has 2 aliphatic heterocycles. The van der Waals surface area contributed by atoms with Gasteiger partial charge in [0.15, 0.2) is 0 Å². The molecule has 0 spiro atoms. The Morgan fingerprint density at radius 1 is 0.745 bits per heavy atom. The van der Waals surface area contributed by atoms with Crippen molar-refractivity contribution in [3.05, 3.63) is 129 Å². The lowest BCUT2D eigenvalue weighted by molar-refractivity contribution is 0.749. The van der Waals surface area contributed by atoms with Crippen LogP contribution in [0.15, 0.2) is 116 Å². The van der Waals surface area contributed by atoms with Crippen LogP contribution in [-0.4, -0.2) is 9.97 Å². The van der Waals surface area contributed by atoms with E-state index >= 15 is 0 Å². The van der Waals surface area contributed by atoms with Crippen LogP contribution in [0.4, 0.5) is 11.4 Å². The van der Waals surface area contributed by atoms with Crippen molar-refractivity contribution in [3.8, 4) is 45.6 Å². The van der Waals surface area contributed by atoms with E-state index in [2.05, 4.69) is 108 Å². The van der Waals surface area contributed by atoms with Crippen molar-refractivity contribution in [2.24, 2.45) is 5.92 Å². The van der Waals surface area contributed by atoms with Crippen molar-refractivity contribution in [1.82, 2.24) is 9.97 Å². The molecule has 6 aliphatic rings. The highest BCUT2D eigenvalue weighted by atomic mass is 32.2. The van der Waals surface area contributed by atoms with Crippen LogP contribution in [0.5, 0.6) is 0 Å². The minimum absolute atomic E-state index is 0.421. The van der Waals surface area contributed by atoms with Crippen LogP contribution >= 0.6 is 23.5 Å². The summed E-state index contributed by atoms with van der Waals surface area (Å²) in [5.41, 5.74) is 14.9. The molecule has 0 bridgehead atoms. The van der Waals surface area contributed by atoms with E-state index in [0.717, 1.165) is 54.0 Å². The first-order valence-electron chi connectivity index (χ1n) is 17.4. The molecule has 0 fully saturated rings. The van der Waals surface area contributed by atoms with Gasteiger partial charge in [-0.05, 0) is 94.3 Å². The average molecular weight is 690 g/mol. The van der Waals surface area contributed by atoms with E-state index in [-0.39, 0.29) is 0 Å². The number of aromatic nitrogens is 2. The van der Waals surface area contributed by atoms with Gasteiger partial charge in [0, 0.05) is 37.1 Å². The Kier molecular flexibility index (Phi) is 6.26. The molecule has 7 heteroatoms. The molecular weight excluding hydrogens is 663 g/mol. The van der Waals surface area contributed by atoms with Gasteiger partial charge in [-0.1, -0.05) is 90.3 Å². The molecule has 0 radical (unpaired) electrons. The Morgan fingerprint density at radius 3 is 2.41 bits per heavy atom. The second-order valence-corrected chi connectivity index (χ2v) is 15.8. The number of rotatable bonds is 2. The highest BCUT2D eigenvalue weighted by Gasteiger charge is 2.35. The number of thioether (sulfide) groups is 1. The number of allylic oxidation sites excluding steroid dienone is 3. The van der Waals surface area contributed by atoms with Gasteiger partial charge in [-0.25, -0.2) is 9.97 Å². The second-order valence-electron chi connectivity index (χ2n) is 13.7. The van der Waals surface area contributed by atoms with Crippen LogP contribution in [0, 0.1) is 28.6 Å². The van der Waals surface area contributed by atoms with Gasteiger partial charge < -0.3 is 4.90 Å². The summed E-state index contributed by atoms with van der Waals surface area (Å²) in [5.74, 6) is -0.474. The van der Waals surface area contributed by atoms with Gasteiger partial charge in [-0.15, -0.1) is 0 Å². The lowest BCUT2D eigenvalue weighted by Crippen LogP contribution is -2.31. The first-order chi connectivity index (χ1) is 25.2. The number of hydrogen-bond donors (Lipinski definition) is 0. The van der Waals surface area contributed by atoms with Crippen LogP contribution < -0.4 is 15.3 Å². The Balaban J connectivity index is 0.958. The van der Waals surface area contributed by atoms with Crippen LogP contribution in [0.3, 0.4) is 0 Å². The topological polar surface area (TPSA) is 76.6 Å². The summed E-state index contributed by atoms with van der Waals surface area (Å²) in [6, 6.07) is 31.5. The first kappa shape index (κ1) is 29.2. The smallest absolute Gasteiger partial charge is 0.0972 e. The summed E-state index contributed by atoms with van der Waals surface area (Å²) in [5, 5.41) is 21.8. The average Bonchev–Trinajstić information content (AvgIpc) is 3.49. The fourth-order valence-corrected chi connectivity index (χ4v) is 10.8. The van der Waals surface area contributed by atoms with Gasteiger partial charge in [0.05, 0.1) is 57.9 Å². The molecule has 4 aromatic carbocycles. The molecule has 51 heavy (non-hydrogen) atoms. The summed E-state index contributed by atoms with van der Waals surface area (Å²) < 4.78 is 0. The summed E-state index contributed by atoms with van der Waals surface area (Å²) in [4.78, 5) is 17.9. The van der Waals surface area contributed by atoms with Crippen LogP contribution in [0.25, 0.3) is 51.2 Å².